The lowest BCUT2D eigenvalue weighted by molar-refractivity contribution is 0.0919. The fourth-order valence-corrected chi connectivity index (χ4v) is 2.60. The maximum absolute atomic E-state index is 12.4. The van der Waals surface area contributed by atoms with Crippen LogP contribution in [0.4, 0.5) is 0 Å². The lowest BCUT2D eigenvalue weighted by atomic mass is 9.81. The fraction of sp³-hybridized carbons (Fsp3) is 0.562. The van der Waals surface area contributed by atoms with E-state index >= 15 is 0 Å². The number of aryl methyl sites for hydroxylation is 1. The lowest BCUT2D eigenvalue weighted by Gasteiger charge is -2.34. The third-order valence-corrected chi connectivity index (χ3v) is 4.09. The first-order chi connectivity index (χ1) is 9.54. The first-order valence-electron chi connectivity index (χ1n) is 7.18. The highest BCUT2D eigenvalue weighted by Crippen LogP contribution is 2.27. The molecule has 0 radical (unpaired) electrons. The van der Waals surface area contributed by atoms with Crippen molar-refractivity contribution in [2.24, 2.45) is 5.41 Å². The Morgan fingerprint density at radius 3 is 2.75 bits per heavy atom. The van der Waals surface area contributed by atoms with Crippen molar-refractivity contribution in [3.8, 4) is 5.75 Å². The Hall–Kier alpha value is -1.55. The van der Waals surface area contributed by atoms with Gasteiger partial charge in [-0.15, -0.1) is 0 Å². The quantitative estimate of drug-likeness (QED) is 0.885. The molecule has 0 saturated carbocycles. The number of hydrogen-bond acceptors (Lipinski definition) is 3. The van der Waals surface area contributed by atoms with Crippen molar-refractivity contribution in [1.29, 1.82) is 0 Å². The topological polar surface area (TPSA) is 50.4 Å². The molecule has 0 aliphatic carbocycles. The molecule has 1 aliphatic heterocycles. The number of carbonyl (C=O) groups excluding carboxylic acids is 1. The highest BCUT2D eigenvalue weighted by atomic mass is 16.5. The number of benzene rings is 1. The van der Waals surface area contributed by atoms with E-state index < -0.39 is 0 Å². The molecule has 1 aromatic rings. The lowest BCUT2D eigenvalue weighted by Crippen LogP contribution is -2.42. The average Bonchev–Trinajstić information content (AvgIpc) is 2.45. The third kappa shape index (κ3) is 3.51. The molecule has 2 N–H and O–H groups in total. The van der Waals surface area contributed by atoms with E-state index in [1.807, 2.05) is 25.1 Å². The van der Waals surface area contributed by atoms with Crippen LogP contribution in [0.15, 0.2) is 18.2 Å². The second kappa shape index (κ2) is 6.27. The van der Waals surface area contributed by atoms with Gasteiger partial charge in [0.1, 0.15) is 5.75 Å². The van der Waals surface area contributed by atoms with E-state index in [2.05, 4.69) is 17.6 Å². The molecule has 1 aliphatic rings. The molecule has 1 amide bonds. The van der Waals surface area contributed by atoms with Crippen LogP contribution < -0.4 is 15.4 Å². The highest BCUT2D eigenvalue weighted by molar-refractivity contribution is 5.97. The molecule has 20 heavy (non-hydrogen) atoms. The van der Waals surface area contributed by atoms with Gasteiger partial charge in [-0.25, -0.2) is 0 Å². The van der Waals surface area contributed by atoms with E-state index in [4.69, 9.17) is 4.74 Å². The molecule has 2 rings (SSSR count). The van der Waals surface area contributed by atoms with E-state index in [0.717, 1.165) is 31.5 Å². The van der Waals surface area contributed by atoms with Crippen LogP contribution in [0.25, 0.3) is 0 Å². The van der Waals surface area contributed by atoms with Crippen LogP contribution in [0.3, 0.4) is 0 Å². The highest BCUT2D eigenvalue weighted by Gasteiger charge is 2.27. The molecule has 0 unspecified atom stereocenters. The van der Waals surface area contributed by atoms with Gasteiger partial charge < -0.3 is 15.4 Å². The van der Waals surface area contributed by atoms with Crippen molar-refractivity contribution in [3.05, 3.63) is 29.3 Å². The predicted octanol–water partition coefficient (Wildman–Crippen LogP) is 2.12. The summed E-state index contributed by atoms with van der Waals surface area (Å²) >= 11 is 0. The van der Waals surface area contributed by atoms with Gasteiger partial charge in [0.25, 0.3) is 5.91 Å². The van der Waals surface area contributed by atoms with Crippen LogP contribution in [-0.4, -0.2) is 32.7 Å². The first-order valence-corrected chi connectivity index (χ1v) is 7.18. The summed E-state index contributed by atoms with van der Waals surface area (Å²) in [6.07, 6.45) is 2.19. The van der Waals surface area contributed by atoms with Gasteiger partial charge in [0.05, 0.1) is 12.7 Å². The Kier molecular flexibility index (Phi) is 4.65. The van der Waals surface area contributed by atoms with E-state index in [9.17, 15) is 4.79 Å². The number of rotatable bonds is 4. The van der Waals surface area contributed by atoms with Crippen LogP contribution in [0.5, 0.6) is 5.75 Å². The summed E-state index contributed by atoms with van der Waals surface area (Å²) in [5.41, 5.74) is 1.87. The smallest absolute Gasteiger partial charge is 0.255 e. The van der Waals surface area contributed by atoms with E-state index in [1.54, 1.807) is 7.11 Å². The summed E-state index contributed by atoms with van der Waals surface area (Å²) in [6, 6.07) is 5.67. The van der Waals surface area contributed by atoms with Crippen molar-refractivity contribution in [2.75, 3.05) is 26.7 Å². The van der Waals surface area contributed by atoms with Gasteiger partial charge in [0.15, 0.2) is 0 Å². The van der Waals surface area contributed by atoms with Gasteiger partial charge in [-0.2, -0.15) is 0 Å². The zero-order chi connectivity index (χ0) is 14.6. The molecule has 0 atom stereocenters. The second-order valence-electron chi connectivity index (χ2n) is 5.95. The molecule has 1 aromatic carbocycles. The van der Waals surface area contributed by atoms with Crippen LogP contribution in [0, 0.1) is 12.3 Å². The number of carbonyl (C=O) groups is 1. The Labute approximate surface area is 120 Å². The van der Waals surface area contributed by atoms with E-state index in [-0.39, 0.29) is 11.3 Å². The van der Waals surface area contributed by atoms with Crippen LogP contribution in [0.2, 0.25) is 0 Å². The zero-order valence-electron chi connectivity index (χ0n) is 12.6. The fourth-order valence-electron chi connectivity index (χ4n) is 2.60. The Bertz CT molecular complexity index is 479. The summed E-state index contributed by atoms with van der Waals surface area (Å²) in [4.78, 5) is 12.4. The summed E-state index contributed by atoms with van der Waals surface area (Å²) in [7, 11) is 1.59. The van der Waals surface area contributed by atoms with Gasteiger partial charge in [-0.1, -0.05) is 18.6 Å². The number of amides is 1. The summed E-state index contributed by atoms with van der Waals surface area (Å²) in [6.45, 7) is 6.98. The largest absolute Gasteiger partial charge is 0.496 e. The number of methoxy groups -OCH3 is 1. The maximum Gasteiger partial charge on any atom is 0.255 e. The van der Waals surface area contributed by atoms with Crippen molar-refractivity contribution in [1.82, 2.24) is 10.6 Å². The Morgan fingerprint density at radius 1 is 1.40 bits per heavy atom. The Balaban J connectivity index is 2.03. The number of ether oxygens (including phenoxy) is 1. The van der Waals surface area contributed by atoms with Gasteiger partial charge in [0, 0.05) is 6.54 Å². The SMILES string of the molecule is COc1ccc(C)cc1C(=O)NCC1(C)CCNCC1. The van der Waals surface area contributed by atoms with E-state index in [0.29, 0.717) is 17.9 Å². The van der Waals surface area contributed by atoms with Gasteiger partial charge in [0.2, 0.25) is 0 Å². The van der Waals surface area contributed by atoms with Crippen molar-refractivity contribution < 1.29 is 9.53 Å². The van der Waals surface area contributed by atoms with Crippen LogP contribution in [-0.2, 0) is 0 Å². The maximum atomic E-state index is 12.4. The monoisotopic (exact) mass is 276 g/mol. The molecule has 1 heterocycles. The molecule has 1 saturated heterocycles. The van der Waals surface area contributed by atoms with Gasteiger partial charge in [-0.3, -0.25) is 4.79 Å². The summed E-state index contributed by atoms with van der Waals surface area (Å²) < 4.78 is 5.27. The third-order valence-electron chi connectivity index (χ3n) is 4.09. The zero-order valence-corrected chi connectivity index (χ0v) is 12.6. The Morgan fingerprint density at radius 2 is 2.10 bits per heavy atom. The van der Waals surface area contributed by atoms with Crippen molar-refractivity contribution >= 4 is 5.91 Å². The molecule has 0 bridgehead atoms. The van der Waals surface area contributed by atoms with Crippen molar-refractivity contribution in [3.63, 3.8) is 0 Å². The minimum absolute atomic E-state index is 0.0506. The molecular formula is C16H24N2O2. The van der Waals surface area contributed by atoms with Crippen LogP contribution >= 0.6 is 0 Å². The van der Waals surface area contributed by atoms with Crippen molar-refractivity contribution in [2.45, 2.75) is 26.7 Å². The molecule has 1 fully saturated rings. The average molecular weight is 276 g/mol. The molecular weight excluding hydrogens is 252 g/mol. The molecule has 4 heteroatoms. The summed E-state index contributed by atoms with van der Waals surface area (Å²) in [5.74, 6) is 0.578. The molecule has 110 valence electrons. The first kappa shape index (κ1) is 14.9. The van der Waals surface area contributed by atoms with E-state index in [1.165, 1.54) is 0 Å². The normalized spacial score (nSPS) is 17.6. The number of piperidine rings is 1. The minimum atomic E-state index is -0.0506. The standard InChI is InChI=1S/C16H24N2O2/c1-12-4-5-14(20-3)13(10-12)15(19)18-11-16(2)6-8-17-9-7-16/h4-5,10,17H,6-9,11H2,1-3H3,(H,18,19). The molecule has 0 spiro atoms. The van der Waals surface area contributed by atoms with Gasteiger partial charge in [-0.05, 0) is 50.4 Å². The minimum Gasteiger partial charge on any atom is -0.496 e. The number of hydrogen-bond donors (Lipinski definition) is 2. The molecule has 4 nitrogen and oxygen atoms in total. The summed E-state index contributed by atoms with van der Waals surface area (Å²) in [5, 5.41) is 6.42. The van der Waals surface area contributed by atoms with Gasteiger partial charge >= 0.3 is 0 Å². The molecule has 0 aromatic heterocycles. The van der Waals surface area contributed by atoms with Crippen LogP contribution in [0.1, 0.15) is 35.7 Å². The predicted molar refractivity (Wildman–Crippen MR) is 80.3 cm³/mol. The number of nitrogens with one attached hydrogen (secondary N) is 2. The second-order valence-corrected chi connectivity index (χ2v) is 5.95.